The van der Waals surface area contributed by atoms with Crippen LogP contribution >= 0.6 is 11.8 Å². The predicted molar refractivity (Wildman–Crippen MR) is 87.3 cm³/mol. The standard InChI is InChI=1S/C16H26N2S/c1-4-14-12-18(10-11-19-14)16-9-7-6-8-15(16)13(3)17-5-2/h6-9,13-14,17H,4-5,10-12H2,1-3H3. The Hall–Kier alpha value is -0.670. The van der Waals surface area contributed by atoms with Gasteiger partial charge in [-0.2, -0.15) is 11.8 Å². The molecule has 2 unspecified atom stereocenters. The molecule has 0 bridgehead atoms. The number of hydrogen-bond donors (Lipinski definition) is 1. The summed E-state index contributed by atoms with van der Waals surface area (Å²) in [5, 5.41) is 4.32. The number of nitrogens with zero attached hydrogens (tertiary/aromatic N) is 1. The summed E-state index contributed by atoms with van der Waals surface area (Å²) in [4.78, 5) is 2.58. The molecule has 1 heterocycles. The minimum Gasteiger partial charge on any atom is -0.369 e. The smallest absolute Gasteiger partial charge is 0.0415 e. The van der Waals surface area contributed by atoms with Crippen molar-refractivity contribution in [1.82, 2.24) is 5.32 Å². The lowest BCUT2D eigenvalue weighted by Crippen LogP contribution is -2.38. The molecule has 0 radical (unpaired) electrons. The van der Waals surface area contributed by atoms with Crippen LogP contribution in [0.4, 0.5) is 5.69 Å². The van der Waals surface area contributed by atoms with Gasteiger partial charge in [-0.05, 0) is 31.5 Å². The largest absolute Gasteiger partial charge is 0.369 e. The van der Waals surface area contributed by atoms with Crippen molar-refractivity contribution in [2.24, 2.45) is 0 Å². The number of thioether (sulfide) groups is 1. The molecule has 0 saturated carbocycles. The van der Waals surface area contributed by atoms with Crippen LogP contribution in [0, 0.1) is 0 Å². The maximum absolute atomic E-state index is 3.53. The zero-order chi connectivity index (χ0) is 13.7. The molecule has 1 aliphatic heterocycles. The van der Waals surface area contributed by atoms with Gasteiger partial charge in [-0.3, -0.25) is 0 Å². The summed E-state index contributed by atoms with van der Waals surface area (Å²) < 4.78 is 0. The number of benzene rings is 1. The SMILES string of the molecule is CCNC(C)c1ccccc1N1CCSC(CC)C1. The van der Waals surface area contributed by atoms with Gasteiger partial charge in [0.25, 0.3) is 0 Å². The first-order chi connectivity index (χ1) is 9.26. The van der Waals surface area contributed by atoms with Gasteiger partial charge in [0, 0.05) is 35.8 Å². The maximum Gasteiger partial charge on any atom is 0.0415 e. The number of nitrogens with one attached hydrogen (secondary N) is 1. The topological polar surface area (TPSA) is 15.3 Å². The van der Waals surface area contributed by atoms with E-state index in [1.54, 1.807) is 0 Å². The molecule has 19 heavy (non-hydrogen) atoms. The summed E-state index contributed by atoms with van der Waals surface area (Å²) in [5.41, 5.74) is 2.86. The molecule has 2 atom stereocenters. The van der Waals surface area contributed by atoms with Crippen molar-refractivity contribution < 1.29 is 0 Å². The minimum absolute atomic E-state index is 0.427. The molecule has 0 aliphatic carbocycles. The van der Waals surface area contributed by atoms with Gasteiger partial charge in [0.05, 0.1) is 0 Å². The van der Waals surface area contributed by atoms with Gasteiger partial charge in [0.1, 0.15) is 0 Å². The van der Waals surface area contributed by atoms with E-state index in [2.05, 4.69) is 67.0 Å². The Morgan fingerprint density at radius 1 is 1.37 bits per heavy atom. The fourth-order valence-electron chi connectivity index (χ4n) is 2.74. The molecule has 2 nitrogen and oxygen atoms in total. The first-order valence-electron chi connectivity index (χ1n) is 7.45. The van der Waals surface area contributed by atoms with Crippen molar-refractivity contribution in [1.29, 1.82) is 0 Å². The number of para-hydroxylation sites is 1. The van der Waals surface area contributed by atoms with Gasteiger partial charge >= 0.3 is 0 Å². The highest BCUT2D eigenvalue weighted by molar-refractivity contribution is 8.00. The van der Waals surface area contributed by atoms with E-state index in [-0.39, 0.29) is 0 Å². The Bertz CT molecular complexity index is 394. The summed E-state index contributed by atoms with van der Waals surface area (Å²) in [6.45, 7) is 10.1. The lowest BCUT2D eigenvalue weighted by atomic mass is 10.0. The molecule has 0 aromatic heterocycles. The van der Waals surface area contributed by atoms with E-state index in [1.807, 2.05) is 0 Å². The summed E-state index contributed by atoms with van der Waals surface area (Å²) in [7, 11) is 0. The average Bonchev–Trinajstić information content (AvgIpc) is 2.47. The van der Waals surface area contributed by atoms with Gasteiger partial charge in [0.15, 0.2) is 0 Å². The van der Waals surface area contributed by atoms with Crippen molar-refractivity contribution >= 4 is 17.4 Å². The highest BCUT2D eigenvalue weighted by atomic mass is 32.2. The Kier molecular flexibility index (Phi) is 5.59. The van der Waals surface area contributed by atoms with Crippen LogP contribution in [0.25, 0.3) is 0 Å². The second-order valence-electron chi connectivity index (χ2n) is 5.19. The van der Waals surface area contributed by atoms with Crippen LogP contribution in [0.15, 0.2) is 24.3 Å². The van der Waals surface area contributed by atoms with E-state index in [0.29, 0.717) is 6.04 Å². The van der Waals surface area contributed by atoms with Gasteiger partial charge in [0.2, 0.25) is 0 Å². The van der Waals surface area contributed by atoms with E-state index >= 15 is 0 Å². The quantitative estimate of drug-likeness (QED) is 0.884. The van der Waals surface area contributed by atoms with Crippen molar-refractivity contribution in [3.63, 3.8) is 0 Å². The van der Waals surface area contributed by atoms with Crippen molar-refractivity contribution in [2.75, 3.05) is 30.3 Å². The van der Waals surface area contributed by atoms with Crippen molar-refractivity contribution in [3.8, 4) is 0 Å². The molecule has 0 spiro atoms. The number of rotatable bonds is 5. The maximum atomic E-state index is 3.53. The zero-order valence-corrected chi connectivity index (χ0v) is 13.2. The second-order valence-corrected chi connectivity index (χ2v) is 6.59. The first kappa shape index (κ1) is 14.7. The van der Waals surface area contributed by atoms with Gasteiger partial charge in [-0.1, -0.05) is 32.0 Å². The fraction of sp³-hybridized carbons (Fsp3) is 0.625. The summed E-state index contributed by atoms with van der Waals surface area (Å²) in [5.74, 6) is 1.25. The highest BCUT2D eigenvalue weighted by Gasteiger charge is 2.21. The third-order valence-corrected chi connectivity index (χ3v) is 5.22. The number of hydrogen-bond acceptors (Lipinski definition) is 3. The van der Waals surface area contributed by atoms with Crippen LogP contribution in [0.3, 0.4) is 0 Å². The third-order valence-electron chi connectivity index (χ3n) is 3.85. The van der Waals surface area contributed by atoms with E-state index < -0.39 is 0 Å². The number of anilines is 1. The van der Waals surface area contributed by atoms with E-state index in [0.717, 1.165) is 11.8 Å². The highest BCUT2D eigenvalue weighted by Crippen LogP contribution is 2.30. The van der Waals surface area contributed by atoms with E-state index in [9.17, 15) is 0 Å². The minimum atomic E-state index is 0.427. The van der Waals surface area contributed by atoms with Crippen molar-refractivity contribution in [2.45, 2.75) is 38.5 Å². The van der Waals surface area contributed by atoms with Crippen LogP contribution < -0.4 is 10.2 Å². The molecule has 1 N–H and O–H groups in total. The van der Waals surface area contributed by atoms with E-state index in [4.69, 9.17) is 0 Å². The zero-order valence-electron chi connectivity index (χ0n) is 12.4. The van der Waals surface area contributed by atoms with Crippen molar-refractivity contribution in [3.05, 3.63) is 29.8 Å². The Morgan fingerprint density at radius 2 is 2.16 bits per heavy atom. The lowest BCUT2D eigenvalue weighted by molar-refractivity contribution is 0.594. The molecule has 0 amide bonds. The Morgan fingerprint density at radius 3 is 2.89 bits per heavy atom. The van der Waals surface area contributed by atoms with Gasteiger partial charge in [-0.15, -0.1) is 0 Å². The normalized spacial score (nSPS) is 21.4. The van der Waals surface area contributed by atoms with Gasteiger partial charge in [-0.25, -0.2) is 0 Å². The molecule has 3 heteroatoms. The molecule has 1 aliphatic rings. The monoisotopic (exact) mass is 278 g/mol. The van der Waals surface area contributed by atoms with Crippen LogP contribution in [0.1, 0.15) is 38.8 Å². The fourth-order valence-corrected chi connectivity index (χ4v) is 3.92. The molecule has 106 valence electrons. The second kappa shape index (κ2) is 7.20. The molecular formula is C16H26N2S. The van der Waals surface area contributed by atoms with Crippen LogP contribution in [-0.4, -0.2) is 30.6 Å². The van der Waals surface area contributed by atoms with E-state index in [1.165, 1.54) is 36.5 Å². The molecule has 1 saturated heterocycles. The molecular weight excluding hydrogens is 252 g/mol. The summed E-state index contributed by atoms with van der Waals surface area (Å²) in [6.07, 6.45) is 1.27. The van der Waals surface area contributed by atoms with Crippen LogP contribution in [-0.2, 0) is 0 Å². The average molecular weight is 278 g/mol. The van der Waals surface area contributed by atoms with Gasteiger partial charge < -0.3 is 10.2 Å². The van der Waals surface area contributed by atoms with Crippen LogP contribution in [0.2, 0.25) is 0 Å². The molecule has 1 aromatic carbocycles. The van der Waals surface area contributed by atoms with Crippen LogP contribution in [0.5, 0.6) is 0 Å². The lowest BCUT2D eigenvalue weighted by Gasteiger charge is -2.35. The first-order valence-corrected chi connectivity index (χ1v) is 8.50. The molecule has 2 rings (SSSR count). The predicted octanol–water partition coefficient (Wildman–Crippen LogP) is 3.69. The summed E-state index contributed by atoms with van der Waals surface area (Å²) in [6, 6.07) is 9.30. The third kappa shape index (κ3) is 3.67. The Balaban J connectivity index is 2.18. The Labute approximate surface area is 122 Å². The molecule has 1 fully saturated rings. The summed E-state index contributed by atoms with van der Waals surface area (Å²) >= 11 is 2.13. The molecule has 1 aromatic rings.